The number of thiazole rings is 1. The molecule has 4 heterocycles. The molecule has 0 bridgehead atoms. The second kappa shape index (κ2) is 13.4. The van der Waals surface area contributed by atoms with Crippen LogP contribution in [0.1, 0.15) is 64.3 Å². The zero-order chi connectivity index (χ0) is 36.8. The molecule has 0 radical (unpaired) electrons. The Labute approximate surface area is 292 Å². The lowest BCUT2D eigenvalue weighted by atomic mass is 9.80. The number of aliphatic carboxylic acids is 1. The predicted molar refractivity (Wildman–Crippen MR) is 181 cm³/mol. The van der Waals surface area contributed by atoms with Gasteiger partial charge in [0.2, 0.25) is 0 Å². The Morgan fingerprint density at radius 3 is 2.58 bits per heavy atom. The molecule has 4 atom stereocenters. The number of rotatable bonds is 11. The van der Waals surface area contributed by atoms with Crippen LogP contribution in [0.3, 0.4) is 0 Å². The van der Waals surface area contributed by atoms with Gasteiger partial charge in [0.1, 0.15) is 23.3 Å². The van der Waals surface area contributed by atoms with Crippen molar-refractivity contribution in [2.75, 3.05) is 18.8 Å². The maximum absolute atomic E-state index is 13.5. The van der Waals surface area contributed by atoms with Crippen molar-refractivity contribution in [3.05, 3.63) is 40.4 Å². The third-order valence-corrected chi connectivity index (χ3v) is 10.2. The second-order valence-electron chi connectivity index (χ2n) is 13.7. The fraction of sp³-hybridized carbons (Fsp3) is 0.533. The molecule has 5 rings (SSSR count). The number of carbonyl (C=O) groups is 3. The number of hydroxylamine groups is 2. The van der Waals surface area contributed by atoms with E-state index < -0.39 is 57.2 Å². The normalized spacial score (nSPS) is 24.6. The van der Waals surface area contributed by atoms with Gasteiger partial charge in [0.05, 0.1) is 11.6 Å². The molecule has 0 spiro atoms. The Kier molecular flexibility index (Phi) is 9.89. The number of oxime groups is 1. The zero-order valence-corrected chi connectivity index (χ0v) is 29.6. The third kappa shape index (κ3) is 7.38. The van der Waals surface area contributed by atoms with Crippen LogP contribution >= 0.6 is 11.3 Å². The Morgan fingerprint density at radius 1 is 1.26 bits per heavy atom. The zero-order valence-electron chi connectivity index (χ0n) is 28.0. The Bertz CT molecular complexity index is 1860. The van der Waals surface area contributed by atoms with Crippen molar-refractivity contribution in [3.63, 3.8) is 0 Å². The fourth-order valence-corrected chi connectivity index (χ4v) is 6.97. The number of aryl methyl sites for hydroxylation is 1. The van der Waals surface area contributed by atoms with Crippen molar-refractivity contribution >= 4 is 56.2 Å². The third-order valence-electron chi connectivity index (χ3n) is 9.14. The van der Waals surface area contributed by atoms with Gasteiger partial charge in [-0.15, -0.1) is 15.6 Å². The Morgan fingerprint density at radius 2 is 1.98 bits per heavy atom. The number of β-lactam (4-membered cyclic amide) rings is 1. The number of anilines is 1. The number of nitrogen functional groups attached to an aromatic ring is 1. The van der Waals surface area contributed by atoms with E-state index in [-0.39, 0.29) is 28.7 Å². The Hall–Kier alpha value is -4.37. The molecule has 272 valence electrons. The van der Waals surface area contributed by atoms with Crippen molar-refractivity contribution in [2.45, 2.75) is 83.2 Å². The van der Waals surface area contributed by atoms with E-state index in [1.54, 1.807) is 12.1 Å². The summed E-state index contributed by atoms with van der Waals surface area (Å²) in [5, 5.41) is 21.8. The number of ether oxygens (including phenoxy) is 1. The molecule has 1 aromatic carbocycles. The molecular formula is C30H40N8O10S2. The summed E-state index contributed by atoms with van der Waals surface area (Å²) in [6.45, 7) is 9.97. The molecule has 0 saturated carbocycles. The molecule has 2 aromatic rings. The lowest BCUT2D eigenvalue weighted by molar-refractivity contribution is -0.218. The molecule has 2 fully saturated rings. The first-order chi connectivity index (χ1) is 23.2. The smallest absolute Gasteiger partial charge is 0.418 e. The lowest BCUT2D eigenvalue weighted by Crippen LogP contribution is -2.76. The van der Waals surface area contributed by atoms with Gasteiger partial charge in [-0.3, -0.25) is 19.1 Å². The summed E-state index contributed by atoms with van der Waals surface area (Å²) in [5.74, 6) is -2.61. The number of aromatic nitrogens is 1. The van der Waals surface area contributed by atoms with E-state index in [1.165, 1.54) is 26.2 Å². The lowest BCUT2D eigenvalue weighted by Gasteiger charge is -2.50. The topological polar surface area (TPSA) is 270 Å². The Balaban J connectivity index is 1.35. The van der Waals surface area contributed by atoms with E-state index in [0.29, 0.717) is 23.1 Å². The van der Waals surface area contributed by atoms with Crippen molar-refractivity contribution in [2.24, 2.45) is 21.3 Å². The van der Waals surface area contributed by atoms with E-state index >= 15 is 0 Å². The van der Waals surface area contributed by atoms with Gasteiger partial charge < -0.3 is 36.8 Å². The minimum absolute atomic E-state index is 0.0524. The first-order valence-corrected chi connectivity index (χ1v) is 17.8. The highest BCUT2D eigenvalue weighted by atomic mass is 32.3. The van der Waals surface area contributed by atoms with Crippen molar-refractivity contribution in [1.29, 1.82) is 0 Å². The average molecular weight is 737 g/mol. The fourth-order valence-electron chi connectivity index (χ4n) is 5.97. The van der Waals surface area contributed by atoms with Crippen LogP contribution in [0.5, 0.6) is 5.75 Å². The van der Waals surface area contributed by atoms with Crippen LogP contribution < -0.4 is 26.8 Å². The number of nitrogens with zero attached hydrogens (tertiary/aromatic N) is 4. The van der Waals surface area contributed by atoms with Gasteiger partial charge in [-0.05, 0) is 75.8 Å². The molecule has 2 saturated heterocycles. The minimum atomic E-state index is -5.03. The van der Waals surface area contributed by atoms with Crippen LogP contribution in [0.15, 0.2) is 33.7 Å². The SMILES string of the molecule is CC1(C)CNCCC1N=C(N)c1ccc2c(c1)CCC(C(C)(ON=C(C(=O)NC1C(=O)N(OS(=O)(=O)O)C1(C)C)c1csc(N)n1)C(=O)O)O2. The van der Waals surface area contributed by atoms with Gasteiger partial charge in [0.25, 0.3) is 17.4 Å². The molecule has 4 unspecified atom stereocenters. The van der Waals surface area contributed by atoms with E-state index in [4.69, 9.17) is 30.6 Å². The predicted octanol–water partition coefficient (Wildman–Crippen LogP) is 0.617. The van der Waals surface area contributed by atoms with Crippen LogP contribution in [0, 0.1) is 5.41 Å². The molecule has 8 N–H and O–H groups in total. The van der Waals surface area contributed by atoms with E-state index in [2.05, 4.69) is 38.9 Å². The highest BCUT2D eigenvalue weighted by molar-refractivity contribution is 7.80. The standard InChI is InChI=1S/C30H40N8O10S2/c1-28(2)14-33-11-10-19(28)35-23(31)16-6-8-18-15(12-16)7-9-20(46-18)30(5,26(41)42)47-37-21(17-13-49-27(32)34-17)24(39)36-22-25(40)38(29(22,3)4)48-50(43,44)45/h6,8,12-13,19-20,22,33H,7,9-11,14H2,1-5H3,(H2,31,35)(H2,32,34)(H,36,39)(H,41,42)(H,43,44,45). The number of amides is 2. The number of hydrogen-bond donors (Lipinski definition) is 6. The van der Waals surface area contributed by atoms with Gasteiger partial charge in [0.15, 0.2) is 16.9 Å². The number of nitrogens with one attached hydrogen (secondary N) is 2. The molecule has 20 heteroatoms. The van der Waals surface area contributed by atoms with Crippen molar-refractivity contribution in [3.8, 4) is 5.75 Å². The molecule has 50 heavy (non-hydrogen) atoms. The minimum Gasteiger partial charge on any atom is -0.485 e. The second-order valence-corrected chi connectivity index (χ2v) is 15.6. The summed E-state index contributed by atoms with van der Waals surface area (Å²) < 4.78 is 41.8. The number of amidine groups is 1. The van der Waals surface area contributed by atoms with Gasteiger partial charge in [-0.2, -0.15) is 13.5 Å². The molecule has 18 nitrogen and oxygen atoms in total. The van der Waals surface area contributed by atoms with E-state index in [1.807, 2.05) is 6.07 Å². The number of hydrogen-bond acceptors (Lipinski definition) is 14. The van der Waals surface area contributed by atoms with Crippen LogP contribution in [0.4, 0.5) is 5.13 Å². The largest absolute Gasteiger partial charge is 0.485 e. The highest BCUT2D eigenvalue weighted by Crippen LogP contribution is 2.36. The van der Waals surface area contributed by atoms with Gasteiger partial charge in [-0.25, -0.2) is 9.78 Å². The summed E-state index contributed by atoms with van der Waals surface area (Å²) in [4.78, 5) is 53.3. The summed E-state index contributed by atoms with van der Waals surface area (Å²) >= 11 is 0.968. The molecular weight excluding hydrogens is 697 g/mol. The first kappa shape index (κ1) is 36.9. The summed E-state index contributed by atoms with van der Waals surface area (Å²) in [6.07, 6.45) is 0.409. The number of fused-ring (bicyclic) bond motifs is 1. The number of benzene rings is 1. The number of carboxylic acid groups (broad SMARTS) is 1. The maximum atomic E-state index is 13.5. The summed E-state index contributed by atoms with van der Waals surface area (Å²) in [7, 11) is -5.03. The van der Waals surface area contributed by atoms with Crippen LogP contribution in [-0.2, 0) is 40.3 Å². The van der Waals surface area contributed by atoms with Crippen molar-refractivity contribution < 1.29 is 46.3 Å². The number of carbonyl (C=O) groups excluding carboxylic acids is 2. The van der Waals surface area contributed by atoms with Crippen molar-refractivity contribution in [1.82, 2.24) is 20.7 Å². The molecule has 3 aliphatic heterocycles. The number of piperidine rings is 1. The number of aliphatic imine (C=N–C) groups is 1. The summed E-state index contributed by atoms with van der Waals surface area (Å²) in [5.41, 5.74) is 9.51. The molecule has 1 aromatic heterocycles. The van der Waals surface area contributed by atoms with E-state index in [9.17, 15) is 27.9 Å². The molecule has 3 aliphatic rings. The van der Waals surface area contributed by atoms with Gasteiger partial charge in [-0.1, -0.05) is 19.0 Å². The molecule has 2 amide bonds. The monoisotopic (exact) mass is 736 g/mol. The van der Waals surface area contributed by atoms with Crippen LogP contribution in [0.2, 0.25) is 0 Å². The molecule has 0 aliphatic carbocycles. The van der Waals surface area contributed by atoms with Gasteiger partial charge in [0, 0.05) is 17.5 Å². The quantitative estimate of drug-likeness (QED) is 0.0607. The number of carboxylic acids is 1. The van der Waals surface area contributed by atoms with Gasteiger partial charge >= 0.3 is 16.4 Å². The van der Waals surface area contributed by atoms with Crippen LogP contribution in [0.25, 0.3) is 0 Å². The highest BCUT2D eigenvalue weighted by Gasteiger charge is 2.58. The maximum Gasteiger partial charge on any atom is 0.418 e. The average Bonchev–Trinajstić information content (AvgIpc) is 3.47. The number of nitrogens with two attached hydrogens (primary N) is 2. The van der Waals surface area contributed by atoms with Crippen LogP contribution in [-0.4, -0.2) is 99.9 Å². The summed E-state index contributed by atoms with van der Waals surface area (Å²) in [6, 6.07) is 4.04. The van der Waals surface area contributed by atoms with E-state index in [0.717, 1.165) is 42.0 Å². The first-order valence-electron chi connectivity index (χ1n) is 15.6.